The van der Waals surface area contributed by atoms with Crippen molar-refractivity contribution in [1.29, 1.82) is 0 Å². The Balaban J connectivity index is 2.56. The lowest BCUT2D eigenvalue weighted by molar-refractivity contribution is 0.0865. The molecule has 0 N–H and O–H groups in total. The minimum Gasteiger partial charge on any atom is -0.362 e. The molecule has 2 atom stereocenters. The van der Waals surface area contributed by atoms with Crippen LogP contribution in [0.4, 0.5) is 0 Å². The fraction of sp³-hybridized carbons (Fsp3) is 1.00. The maximum absolute atomic E-state index is 5.95. The molecule has 0 bridgehead atoms. The van der Waals surface area contributed by atoms with E-state index >= 15 is 0 Å². The van der Waals surface area contributed by atoms with E-state index in [1.165, 1.54) is 0 Å². The van der Waals surface area contributed by atoms with Crippen LogP contribution in [0.1, 0.15) is 19.8 Å². The van der Waals surface area contributed by atoms with Crippen LogP contribution in [-0.4, -0.2) is 16.5 Å². The molecule has 1 nitrogen and oxygen atoms in total. The third kappa shape index (κ3) is 1.41. The van der Waals surface area contributed by atoms with Crippen LogP contribution in [0.2, 0.25) is 0 Å². The smallest absolute Gasteiger partial charge is 0.138 e. The Morgan fingerprint density at radius 3 is 2.78 bits per heavy atom. The second kappa shape index (κ2) is 2.77. The van der Waals surface area contributed by atoms with Gasteiger partial charge in [0.2, 0.25) is 0 Å². The molecule has 0 aromatic carbocycles. The monoisotopic (exact) mass is 212 g/mol. The molecule has 2 unspecified atom stereocenters. The van der Waals surface area contributed by atoms with Crippen molar-refractivity contribution in [1.82, 2.24) is 0 Å². The molecule has 0 saturated carbocycles. The number of rotatable bonds is 1. The van der Waals surface area contributed by atoms with Gasteiger partial charge in [0, 0.05) is 0 Å². The van der Waals surface area contributed by atoms with Gasteiger partial charge in [-0.25, -0.2) is 0 Å². The van der Waals surface area contributed by atoms with Crippen molar-refractivity contribution in [3.8, 4) is 0 Å². The zero-order valence-corrected chi connectivity index (χ0v) is 7.70. The molecule has 0 radical (unpaired) electrons. The highest BCUT2D eigenvalue weighted by atomic mass is 79.9. The van der Waals surface area contributed by atoms with E-state index < -0.39 is 0 Å². The van der Waals surface area contributed by atoms with E-state index in [1.54, 1.807) is 0 Å². The van der Waals surface area contributed by atoms with Crippen LogP contribution in [0.25, 0.3) is 0 Å². The molecule has 0 amide bonds. The Bertz CT molecular complexity index is 109. The van der Waals surface area contributed by atoms with Gasteiger partial charge in [0.05, 0.1) is 12.0 Å². The summed E-state index contributed by atoms with van der Waals surface area (Å²) in [5.74, 6) is 0. The van der Waals surface area contributed by atoms with Gasteiger partial charge in [-0.1, -0.05) is 22.9 Å². The predicted octanol–water partition coefficient (Wildman–Crippen LogP) is 2.52. The van der Waals surface area contributed by atoms with Gasteiger partial charge in [0.15, 0.2) is 0 Å². The van der Waals surface area contributed by atoms with Gasteiger partial charge < -0.3 is 4.74 Å². The lowest BCUT2D eigenvalue weighted by Gasteiger charge is -2.21. The summed E-state index contributed by atoms with van der Waals surface area (Å²) in [5, 5.41) is 0.141. The molecule has 1 aliphatic heterocycles. The highest BCUT2D eigenvalue weighted by Gasteiger charge is 2.39. The van der Waals surface area contributed by atoms with Crippen LogP contribution >= 0.6 is 27.5 Å². The Morgan fingerprint density at radius 2 is 2.56 bits per heavy atom. The van der Waals surface area contributed by atoms with Crippen LogP contribution in [0.3, 0.4) is 0 Å². The second-order valence-electron chi connectivity index (χ2n) is 2.24. The summed E-state index contributed by atoms with van der Waals surface area (Å²) in [6.07, 6.45) is 1.89. The van der Waals surface area contributed by atoms with E-state index in [4.69, 9.17) is 16.3 Å². The molecule has 1 heterocycles. The predicted molar refractivity (Wildman–Crippen MR) is 42.2 cm³/mol. The molecule has 1 saturated heterocycles. The summed E-state index contributed by atoms with van der Waals surface area (Å²) < 4.78 is 5.16. The molecule has 0 spiro atoms. The normalized spacial score (nSPS) is 43.7. The minimum atomic E-state index is -0.228. The fourth-order valence-corrected chi connectivity index (χ4v) is 1.66. The molecule has 1 rings (SSSR count). The summed E-state index contributed by atoms with van der Waals surface area (Å²) in [5.41, 5.74) is 0. The van der Waals surface area contributed by atoms with Crippen molar-refractivity contribution < 1.29 is 4.74 Å². The van der Waals surface area contributed by atoms with E-state index in [2.05, 4.69) is 22.9 Å². The topological polar surface area (TPSA) is 9.23 Å². The SMILES string of the molecule is CCC1(Br)OCCC1Cl. The molecule has 1 fully saturated rings. The van der Waals surface area contributed by atoms with E-state index in [-0.39, 0.29) is 9.89 Å². The molecule has 3 heteroatoms. The van der Waals surface area contributed by atoms with Crippen LogP contribution in [0, 0.1) is 0 Å². The molecule has 0 aliphatic carbocycles. The largest absolute Gasteiger partial charge is 0.362 e. The summed E-state index contributed by atoms with van der Waals surface area (Å²) in [4.78, 5) is 0. The molecule has 9 heavy (non-hydrogen) atoms. The maximum Gasteiger partial charge on any atom is 0.138 e. The van der Waals surface area contributed by atoms with Gasteiger partial charge >= 0.3 is 0 Å². The molecular formula is C6H10BrClO. The Hall–Kier alpha value is 0.730. The average Bonchev–Trinajstić information content (AvgIpc) is 2.15. The average molecular weight is 214 g/mol. The van der Waals surface area contributed by atoms with Crippen LogP contribution in [0.15, 0.2) is 0 Å². The van der Waals surface area contributed by atoms with Gasteiger partial charge in [-0.05, 0) is 12.8 Å². The molecular weight excluding hydrogens is 203 g/mol. The van der Waals surface area contributed by atoms with Gasteiger partial charge in [-0.15, -0.1) is 11.6 Å². The molecule has 1 aliphatic rings. The van der Waals surface area contributed by atoms with Crippen LogP contribution in [0.5, 0.6) is 0 Å². The zero-order chi connectivity index (χ0) is 6.91. The standard InChI is InChI=1S/C6H10BrClO/c1-2-6(7)5(8)3-4-9-6/h5H,2-4H2,1H3. The van der Waals surface area contributed by atoms with Gasteiger partial charge in [0.25, 0.3) is 0 Å². The quantitative estimate of drug-likeness (QED) is 0.608. The Kier molecular flexibility index (Phi) is 2.41. The first-order chi connectivity index (χ1) is 4.19. The summed E-state index contributed by atoms with van der Waals surface area (Å²) in [7, 11) is 0. The zero-order valence-electron chi connectivity index (χ0n) is 5.36. The first-order valence-corrected chi connectivity index (χ1v) is 4.39. The highest BCUT2D eigenvalue weighted by molar-refractivity contribution is 9.10. The number of hydrogen-bond donors (Lipinski definition) is 0. The number of alkyl halides is 2. The van der Waals surface area contributed by atoms with E-state index in [1.807, 2.05) is 0 Å². The maximum atomic E-state index is 5.95. The second-order valence-corrected chi connectivity index (χ2v) is 4.11. The summed E-state index contributed by atoms with van der Waals surface area (Å²) in [6, 6.07) is 0. The third-order valence-corrected chi connectivity index (χ3v) is 3.84. The molecule has 54 valence electrons. The minimum absolute atomic E-state index is 0.141. The first-order valence-electron chi connectivity index (χ1n) is 3.16. The van der Waals surface area contributed by atoms with Gasteiger partial charge in [-0.2, -0.15) is 0 Å². The van der Waals surface area contributed by atoms with Crippen LogP contribution in [-0.2, 0) is 4.74 Å². The lowest BCUT2D eigenvalue weighted by atomic mass is 10.2. The van der Waals surface area contributed by atoms with Gasteiger partial charge in [0.1, 0.15) is 4.51 Å². The van der Waals surface area contributed by atoms with Crippen molar-refractivity contribution in [3.05, 3.63) is 0 Å². The lowest BCUT2D eigenvalue weighted by Crippen LogP contribution is -2.26. The Morgan fingerprint density at radius 1 is 1.89 bits per heavy atom. The Labute approximate surface area is 68.8 Å². The van der Waals surface area contributed by atoms with Crippen molar-refractivity contribution in [2.45, 2.75) is 29.7 Å². The van der Waals surface area contributed by atoms with E-state index in [0.717, 1.165) is 19.4 Å². The van der Waals surface area contributed by atoms with Crippen LogP contribution < -0.4 is 0 Å². The first kappa shape index (κ1) is 7.83. The van der Waals surface area contributed by atoms with Crippen molar-refractivity contribution in [2.75, 3.05) is 6.61 Å². The van der Waals surface area contributed by atoms with E-state index in [9.17, 15) is 0 Å². The number of ether oxygens (including phenoxy) is 1. The van der Waals surface area contributed by atoms with Crippen molar-refractivity contribution in [2.24, 2.45) is 0 Å². The summed E-state index contributed by atoms with van der Waals surface area (Å²) in [6.45, 7) is 2.85. The van der Waals surface area contributed by atoms with E-state index in [0.29, 0.717) is 0 Å². The number of halogens is 2. The van der Waals surface area contributed by atoms with Crippen molar-refractivity contribution in [3.63, 3.8) is 0 Å². The third-order valence-electron chi connectivity index (χ3n) is 1.66. The molecule has 0 aromatic heterocycles. The molecule has 0 aromatic rings. The van der Waals surface area contributed by atoms with Crippen molar-refractivity contribution >= 4 is 27.5 Å². The highest BCUT2D eigenvalue weighted by Crippen LogP contribution is 2.38. The summed E-state index contributed by atoms with van der Waals surface area (Å²) >= 11 is 9.40. The fourth-order valence-electron chi connectivity index (χ4n) is 0.962. The van der Waals surface area contributed by atoms with Gasteiger partial charge in [-0.3, -0.25) is 0 Å². The number of hydrogen-bond acceptors (Lipinski definition) is 1.